The van der Waals surface area contributed by atoms with E-state index in [0.29, 0.717) is 41.9 Å². The van der Waals surface area contributed by atoms with Gasteiger partial charge in [0.1, 0.15) is 11.7 Å². The zero-order valence-electron chi connectivity index (χ0n) is 26.5. The van der Waals surface area contributed by atoms with E-state index in [1.165, 1.54) is 25.7 Å². The number of rotatable bonds is 7. The maximum absolute atomic E-state index is 12.8. The number of hydrogen-bond acceptors (Lipinski definition) is 5. The number of aliphatic hydroxyl groups excluding tert-OH is 1. The summed E-state index contributed by atoms with van der Waals surface area (Å²) in [5.74, 6) is 2.80. The summed E-state index contributed by atoms with van der Waals surface area (Å²) in [4.78, 5) is 25.2. The highest BCUT2D eigenvalue weighted by Gasteiger charge is 2.63. The van der Waals surface area contributed by atoms with Crippen LogP contribution in [-0.4, -0.2) is 34.9 Å². The molecule has 0 heterocycles. The van der Waals surface area contributed by atoms with Crippen LogP contribution >= 0.6 is 0 Å². The molecule has 4 fully saturated rings. The third-order valence-corrected chi connectivity index (χ3v) is 12.3. The summed E-state index contributed by atoms with van der Waals surface area (Å²) in [5, 5.41) is 11.7. The molecule has 4 aliphatic carbocycles. The molecule has 1 N–H and O–H groups in total. The minimum atomic E-state index is -0.436. The molecule has 0 bridgehead atoms. The molecule has 5 heteroatoms. The second-order valence-electron chi connectivity index (χ2n) is 16.2. The Labute approximate surface area is 238 Å². The molecular weight excluding hydrogens is 488 g/mol. The molecule has 4 aliphatic rings. The smallest absolute Gasteiger partial charge is 0.311 e. The monoisotopic (exact) mass is 546 g/mol. The van der Waals surface area contributed by atoms with Crippen molar-refractivity contribution in [2.24, 2.45) is 51.8 Å². The normalized spacial score (nSPS) is 41.1. The number of hydrogen-bond donors (Lipinski definition) is 1. The van der Waals surface area contributed by atoms with Crippen LogP contribution in [0.3, 0.4) is 0 Å². The fourth-order valence-corrected chi connectivity index (χ4v) is 9.66. The van der Waals surface area contributed by atoms with Crippen LogP contribution in [0.4, 0.5) is 0 Å². The number of esters is 2. The van der Waals surface area contributed by atoms with Crippen molar-refractivity contribution in [1.82, 2.24) is 0 Å². The van der Waals surface area contributed by atoms with Gasteiger partial charge in [-0.15, -0.1) is 0 Å². The van der Waals surface area contributed by atoms with E-state index < -0.39 is 11.0 Å². The highest BCUT2D eigenvalue weighted by atomic mass is 16.6. The van der Waals surface area contributed by atoms with Gasteiger partial charge in [-0.3, -0.25) is 9.59 Å². The van der Waals surface area contributed by atoms with Gasteiger partial charge in [-0.25, -0.2) is 0 Å². The zero-order valence-corrected chi connectivity index (χ0v) is 26.5. The second-order valence-corrected chi connectivity index (χ2v) is 16.2. The molecule has 0 saturated heterocycles. The zero-order chi connectivity index (χ0) is 29.0. The maximum atomic E-state index is 12.8. The van der Waals surface area contributed by atoms with E-state index in [2.05, 4.69) is 20.8 Å². The van der Waals surface area contributed by atoms with Crippen LogP contribution in [-0.2, 0) is 19.1 Å². The van der Waals surface area contributed by atoms with Crippen molar-refractivity contribution in [3.63, 3.8) is 0 Å². The number of aliphatic hydroxyl groups is 1. The van der Waals surface area contributed by atoms with Gasteiger partial charge >= 0.3 is 11.9 Å². The number of carbonyl (C=O) groups is 2. The van der Waals surface area contributed by atoms with Crippen molar-refractivity contribution in [3.05, 3.63) is 0 Å². The van der Waals surface area contributed by atoms with Crippen molar-refractivity contribution in [3.8, 4) is 0 Å². The molecule has 4 saturated carbocycles. The van der Waals surface area contributed by atoms with Gasteiger partial charge in [0.05, 0.1) is 11.5 Å². The van der Waals surface area contributed by atoms with Gasteiger partial charge in [0.15, 0.2) is 0 Å². The maximum Gasteiger partial charge on any atom is 0.311 e. The largest absolute Gasteiger partial charge is 0.462 e. The number of carbonyl (C=O) groups excluding carboxylic acids is 2. The molecule has 0 spiro atoms. The summed E-state index contributed by atoms with van der Waals surface area (Å²) in [6.45, 7) is 19.1. The Kier molecular flexibility index (Phi) is 8.66. The van der Waals surface area contributed by atoms with Gasteiger partial charge in [0.25, 0.3) is 0 Å². The molecule has 10 atom stereocenters. The molecule has 224 valence electrons. The summed E-state index contributed by atoms with van der Waals surface area (Å²) >= 11 is 0. The summed E-state index contributed by atoms with van der Waals surface area (Å²) in [5.41, 5.74) is -0.415. The van der Waals surface area contributed by atoms with Crippen molar-refractivity contribution in [2.75, 3.05) is 0 Å². The van der Waals surface area contributed by atoms with E-state index >= 15 is 0 Å². The van der Waals surface area contributed by atoms with Gasteiger partial charge in [0, 0.05) is 6.42 Å². The number of ether oxygens (including phenoxy) is 2. The van der Waals surface area contributed by atoms with Crippen molar-refractivity contribution in [1.29, 1.82) is 0 Å². The van der Waals surface area contributed by atoms with Gasteiger partial charge in [-0.05, 0) is 145 Å². The van der Waals surface area contributed by atoms with Crippen LogP contribution in [0.15, 0.2) is 0 Å². The van der Waals surface area contributed by atoms with E-state index in [9.17, 15) is 14.7 Å². The Balaban J connectivity index is 1.42. The van der Waals surface area contributed by atoms with Crippen LogP contribution < -0.4 is 0 Å². The average molecular weight is 547 g/mol. The van der Waals surface area contributed by atoms with Gasteiger partial charge in [-0.2, -0.15) is 0 Å². The summed E-state index contributed by atoms with van der Waals surface area (Å²) in [6, 6.07) is 0. The topological polar surface area (TPSA) is 72.8 Å². The van der Waals surface area contributed by atoms with E-state index in [0.717, 1.165) is 38.5 Å². The van der Waals surface area contributed by atoms with Crippen LogP contribution in [0.25, 0.3) is 0 Å². The first-order chi connectivity index (χ1) is 18.0. The summed E-state index contributed by atoms with van der Waals surface area (Å²) in [7, 11) is 0. The number of fused-ring (bicyclic) bond motifs is 5. The molecule has 39 heavy (non-hydrogen) atoms. The average Bonchev–Trinajstić information content (AvgIpc) is 3.19. The highest BCUT2D eigenvalue weighted by Crippen LogP contribution is 2.68. The van der Waals surface area contributed by atoms with Crippen molar-refractivity contribution in [2.45, 2.75) is 151 Å². The van der Waals surface area contributed by atoms with Gasteiger partial charge in [0.2, 0.25) is 0 Å². The predicted molar refractivity (Wildman–Crippen MR) is 155 cm³/mol. The summed E-state index contributed by atoms with van der Waals surface area (Å²) < 4.78 is 11.6. The molecule has 0 aromatic carbocycles. The quantitative estimate of drug-likeness (QED) is 0.331. The lowest BCUT2D eigenvalue weighted by Gasteiger charge is -2.62. The van der Waals surface area contributed by atoms with Crippen LogP contribution in [0.5, 0.6) is 0 Å². The molecular formula is C34H58O5. The Morgan fingerprint density at radius 1 is 0.949 bits per heavy atom. The van der Waals surface area contributed by atoms with E-state index in [1.807, 2.05) is 41.5 Å². The standard InChI is InChI=1S/C34H58O5/c1-10-32(6,7)30(37)38-23-15-17-33(8)22(19-23)20-27(35)29-25-13-12-24(34(25,9)18-16-26(29)33)21(2)11-14-28(36)39-31(3,4)5/h21-27,29,35H,10-20H2,1-9H3. The Morgan fingerprint density at radius 3 is 2.23 bits per heavy atom. The Bertz CT molecular complexity index is 904. The predicted octanol–water partition coefficient (Wildman–Crippen LogP) is 7.72. The lowest BCUT2D eigenvalue weighted by atomic mass is 9.43. The molecule has 0 radical (unpaired) electrons. The van der Waals surface area contributed by atoms with Gasteiger partial charge in [-0.1, -0.05) is 27.7 Å². The van der Waals surface area contributed by atoms with E-state index in [1.54, 1.807) is 0 Å². The lowest BCUT2D eigenvalue weighted by Crippen LogP contribution is -2.59. The van der Waals surface area contributed by atoms with Crippen LogP contribution in [0.1, 0.15) is 133 Å². The first-order valence-corrected chi connectivity index (χ1v) is 16.1. The minimum absolute atomic E-state index is 0.0132. The third-order valence-electron chi connectivity index (χ3n) is 12.3. The fourth-order valence-electron chi connectivity index (χ4n) is 9.66. The lowest BCUT2D eigenvalue weighted by molar-refractivity contribution is -0.186. The highest BCUT2D eigenvalue weighted by molar-refractivity contribution is 5.76. The van der Waals surface area contributed by atoms with Gasteiger partial charge < -0.3 is 14.6 Å². The Morgan fingerprint density at radius 2 is 1.59 bits per heavy atom. The van der Waals surface area contributed by atoms with Crippen LogP contribution in [0, 0.1) is 51.8 Å². The fraction of sp³-hybridized carbons (Fsp3) is 0.941. The second kappa shape index (κ2) is 11.0. The molecule has 4 rings (SSSR count). The molecule has 5 nitrogen and oxygen atoms in total. The SMILES string of the molecule is CCC(C)(C)C(=O)OC1CCC2(C)C(C1)CC(O)C1C2CCC2(C)C(C(C)CCC(=O)OC(C)(C)C)CCC12. The minimum Gasteiger partial charge on any atom is -0.462 e. The van der Waals surface area contributed by atoms with Crippen molar-refractivity contribution >= 4 is 11.9 Å². The summed E-state index contributed by atoms with van der Waals surface area (Å²) in [6.07, 6.45) is 10.5. The van der Waals surface area contributed by atoms with Crippen LogP contribution in [0.2, 0.25) is 0 Å². The molecule has 0 aliphatic heterocycles. The first kappa shape index (κ1) is 30.8. The van der Waals surface area contributed by atoms with E-state index in [-0.39, 0.29) is 35.0 Å². The van der Waals surface area contributed by atoms with Crippen molar-refractivity contribution < 1.29 is 24.2 Å². The first-order valence-electron chi connectivity index (χ1n) is 16.1. The van der Waals surface area contributed by atoms with E-state index in [4.69, 9.17) is 9.47 Å². The molecule has 0 aromatic heterocycles. The Hall–Kier alpha value is -1.10. The molecule has 0 amide bonds. The molecule has 0 aromatic rings. The third kappa shape index (κ3) is 5.95. The molecule has 10 unspecified atom stereocenters.